The number of benzene rings is 1. The highest BCUT2D eigenvalue weighted by Gasteiger charge is 2.61. The molecule has 4 rings (SSSR count). The van der Waals surface area contributed by atoms with Gasteiger partial charge in [0.2, 0.25) is 5.12 Å². The minimum absolute atomic E-state index is 0.0905. The van der Waals surface area contributed by atoms with Crippen LogP contribution in [-0.4, -0.2) is 21.8 Å². The summed E-state index contributed by atoms with van der Waals surface area (Å²) in [5.74, 6) is 0.592. The van der Waals surface area contributed by atoms with E-state index in [0.717, 1.165) is 34.1 Å². The highest BCUT2D eigenvalue weighted by Crippen LogP contribution is 2.60. The predicted molar refractivity (Wildman–Crippen MR) is 112 cm³/mol. The molecule has 1 aliphatic carbocycles. The van der Waals surface area contributed by atoms with Crippen molar-refractivity contribution in [3.05, 3.63) is 63.6 Å². The van der Waals surface area contributed by atoms with Crippen LogP contribution in [0, 0.1) is 17.3 Å². The molecular formula is C22H23NO3S2. The van der Waals surface area contributed by atoms with Gasteiger partial charge in [-0.1, -0.05) is 62.0 Å². The van der Waals surface area contributed by atoms with E-state index in [1.165, 1.54) is 17.3 Å². The Balaban J connectivity index is 1.33. The summed E-state index contributed by atoms with van der Waals surface area (Å²) in [5.41, 5.74) is 1.94. The second kappa shape index (κ2) is 7.84. The van der Waals surface area contributed by atoms with Gasteiger partial charge in [-0.15, -0.1) is 11.3 Å². The van der Waals surface area contributed by atoms with Crippen LogP contribution in [0.2, 0.25) is 0 Å². The number of rotatable bonds is 6. The van der Waals surface area contributed by atoms with Crippen LogP contribution in [0.15, 0.2) is 48.2 Å². The van der Waals surface area contributed by atoms with E-state index >= 15 is 0 Å². The maximum absolute atomic E-state index is 12.6. The zero-order valence-corrected chi connectivity index (χ0v) is 17.6. The lowest BCUT2D eigenvalue weighted by Gasteiger charge is -2.03. The molecule has 1 aromatic heterocycles. The number of carbonyl (C=O) groups excluding carboxylic acids is 2. The third-order valence-electron chi connectivity index (χ3n) is 5.57. The lowest BCUT2D eigenvalue weighted by atomic mass is 10.1. The number of thiazole rings is 1. The minimum Gasteiger partial charge on any atom is -0.460 e. The van der Waals surface area contributed by atoms with Gasteiger partial charge in [-0.25, -0.2) is 4.98 Å². The van der Waals surface area contributed by atoms with Crippen LogP contribution in [0.5, 0.6) is 0 Å². The first kappa shape index (κ1) is 19.4. The normalized spacial score (nSPS) is 24.5. The number of thioether (sulfide) groups is 1. The summed E-state index contributed by atoms with van der Waals surface area (Å²) in [6.45, 7) is 4.39. The molecule has 0 unspecified atom stereocenters. The van der Waals surface area contributed by atoms with Gasteiger partial charge in [-0.3, -0.25) is 9.59 Å². The maximum Gasteiger partial charge on any atom is 0.310 e. The third-order valence-corrected chi connectivity index (χ3v) is 7.47. The monoisotopic (exact) mass is 413 g/mol. The molecule has 146 valence electrons. The molecule has 1 saturated carbocycles. The van der Waals surface area contributed by atoms with E-state index in [2.05, 4.69) is 31.0 Å². The third kappa shape index (κ3) is 4.08. The Kier molecular flexibility index (Phi) is 5.43. The van der Waals surface area contributed by atoms with E-state index in [-0.39, 0.29) is 34.9 Å². The first-order valence-electron chi connectivity index (χ1n) is 9.47. The average Bonchev–Trinajstić information content (AvgIpc) is 3.03. The Morgan fingerprint density at radius 2 is 2.11 bits per heavy atom. The molecule has 0 N–H and O–H groups in total. The van der Waals surface area contributed by atoms with Crippen molar-refractivity contribution >= 4 is 34.2 Å². The van der Waals surface area contributed by atoms with Crippen molar-refractivity contribution < 1.29 is 14.3 Å². The zero-order valence-electron chi connectivity index (χ0n) is 16.0. The molecule has 1 aromatic carbocycles. The SMILES string of the molecule is CC1(C)[C@H](C(=O)OCc2cnc(Cc3ccccc3)s2)[C@@H]1C=C1CCSC1=O. The highest BCUT2D eigenvalue weighted by molar-refractivity contribution is 8.14. The molecular weight excluding hydrogens is 390 g/mol. The molecule has 2 aromatic rings. The fourth-order valence-electron chi connectivity index (χ4n) is 3.75. The Bertz CT molecular complexity index is 917. The molecule has 0 radical (unpaired) electrons. The van der Waals surface area contributed by atoms with Crippen molar-refractivity contribution in [3.8, 4) is 0 Å². The number of allylic oxidation sites excluding steroid dienone is 1. The van der Waals surface area contributed by atoms with Crippen LogP contribution in [-0.2, 0) is 27.4 Å². The summed E-state index contributed by atoms with van der Waals surface area (Å²) in [5, 5.41) is 1.18. The second-order valence-electron chi connectivity index (χ2n) is 7.89. The van der Waals surface area contributed by atoms with Gasteiger partial charge in [0.1, 0.15) is 6.61 Å². The number of ether oxygens (including phenoxy) is 1. The van der Waals surface area contributed by atoms with Crippen molar-refractivity contribution in [2.45, 2.75) is 33.3 Å². The van der Waals surface area contributed by atoms with Crippen LogP contribution >= 0.6 is 23.1 Å². The van der Waals surface area contributed by atoms with Crippen LogP contribution in [0.25, 0.3) is 0 Å². The van der Waals surface area contributed by atoms with Crippen molar-refractivity contribution in [1.29, 1.82) is 0 Å². The molecule has 0 amide bonds. The molecule has 4 nitrogen and oxygen atoms in total. The molecule has 28 heavy (non-hydrogen) atoms. The largest absolute Gasteiger partial charge is 0.460 e. The van der Waals surface area contributed by atoms with Gasteiger partial charge in [-0.05, 0) is 23.3 Å². The van der Waals surface area contributed by atoms with Crippen LogP contribution < -0.4 is 0 Å². The van der Waals surface area contributed by atoms with Crippen molar-refractivity contribution in [2.75, 3.05) is 5.75 Å². The Labute approximate surface area is 173 Å². The zero-order chi connectivity index (χ0) is 19.7. The fourth-order valence-corrected chi connectivity index (χ4v) is 5.49. The van der Waals surface area contributed by atoms with Gasteiger partial charge in [0.15, 0.2) is 0 Å². The Morgan fingerprint density at radius 3 is 2.82 bits per heavy atom. The summed E-state index contributed by atoms with van der Waals surface area (Å²) in [6, 6.07) is 10.2. The van der Waals surface area contributed by atoms with Crippen LogP contribution in [0.1, 0.15) is 35.7 Å². The maximum atomic E-state index is 12.6. The Morgan fingerprint density at radius 1 is 1.32 bits per heavy atom. The van der Waals surface area contributed by atoms with E-state index in [0.29, 0.717) is 0 Å². The lowest BCUT2D eigenvalue weighted by Crippen LogP contribution is -2.10. The molecule has 2 aliphatic rings. The topological polar surface area (TPSA) is 56.3 Å². The van der Waals surface area contributed by atoms with Gasteiger partial charge in [0, 0.05) is 23.9 Å². The summed E-state index contributed by atoms with van der Waals surface area (Å²) in [4.78, 5) is 29.8. The molecule has 2 atom stereocenters. The van der Waals surface area contributed by atoms with Gasteiger partial charge >= 0.3 is 5.97 Å². The standard InChI is InChI=1S/C22H23NO3S2/c1-22(2)17(11-15-8-9-27-21(15)25)19(22)20(24)26-13-16-12-23-18(28-16)10-14-6-4-3-5-7-14/h3-7,11-12,17,19H,8-10,13H2,1-2H3/t17-,19-/m0/s1. The number of aromatic nitrogens is 1. The van der Waals surface area contributed by atoms with E-state index in [1.54, 1.807) is 17.5 Å². The van der Waals surface area contributed by atoms with Gasteiger partial charge in [0.05, 0.1) is 15.8 Å². The van der Waals surface area contributed by atoms with Crippen molar-refractivity contribution in [3.63, 3.8) is 0 Å². The number of nitrogens with zero attached hydrogens (tertiary/aromatic N) is 1. The van der Waals surface area contributed by atoms with Crippen molar-refractivity contribution in [1.82, 2.24) is 4.98 Å². The number of hydrogen-bond acceptors (Lipinski definition) is 6. The fraction of sp³-hybridized carbons (Fsp3) is 0.409. The molecule has 6 heteroatoms. The summed E-state index contributed by atoms with van der Waals surface area (Å²) < 4.78 is 5.58. The number of carbonyl (C=O) groups is 2. The van der Waals surface area contributed by atoms with Crippen LogP contribution in [0.3, 0.4) is 0 Å². The lowest BCUT2D eigenvalue weighted by molar-refractivity contribution is -0.147. The van der Waals surface area contributed by atoms with E-state index in [1.807, 2.05) is 24.3 Å². The van der Waals surface area contributed by atoms with Gasteiger partial charge < -0.3 is 4.74 Å². The molecule has 2 heterocycles. The summed E-state index contributed by atoms with van der Waals surface area (Å²) in [7, 11) is 0. The van der Waals surface area contributed by atoms with Crippen LogP contribution in [0.4, 0.5) is 0 Å². The van der Waals surface area contributed by atoms with E-state index < -0.39 is 0 Å². The molecule has 2 fully saturated rings. The molecule has 0 spiro atoms. The smallest absolute Gasteiger partial charge is 0.310 e. The quantitative estimate of drug-likeness (QED) is 0.510. The number of hydrogen-bond donors (Lipinski definition) is 0. The average molecular weight is 414 g/mol. The predicted octanol–water partition coefficient (Wildman–Crippen LogP) is 4.64. The summed E-state index contributed by atoms with van der Waals surface area (Å²) in [6.07, 6.45) is 5.40. The minimum atomic E-state index is -0.178. The van der Waals surface area contributed by atoms with E-state index in [4.69, 9.17) is 4.74 Å². The molecule has 0 bridgehead atoms. The number of esters is 1. The van der Waals surface area contributed by atoms with E-state index in [9.17, 15) is 9.59 Å². The molecule has 1 saturated heterocycles. The van der Waals surface area contributed by atoms with Crippen molar-refractivity contribution in [2.24, 2.45) is 17.3 Å². The van der Waals surface area contributed by atoms with Gasteiger partial charge in [-0.2, -0.15) is 0 Å². The summed E-state index contributed by atoms with van der Waals surface area (Å²) >= 11 is 2.95. The first-order valence-corrected chi connectivity index (χ1v) is 11.3. The molecule has 1 aliphatic heterocycles. The first-order chi connectivity index (χ1) is 13.4. The highest BCUT2D eigenvalue weighted by atomic mass is 32.2. The van der Waals surface area contributed by atoms with Gasteiger partial charge in [0.25, 0.3) is 0 Å². The second-order valence-corrected chi connectivity index (χ2v) is 10.2. The Hall–Kier alpha value is -1.92.